The fourth-order valence-corrected chi connectivity index (χ4v) is 6.52. The van der Waals surface area contributed by atoms with Crippen molar-refractivity contribution in [2.45, 2.75) is 66.2 Å². The molecule has 0 aliphatic carbocycles. The van der Waals surface area contributed by atoms with Crippen molar-refractivity contribution in [1.29, 1.82) is 0 Å². The van der Waals surface area contributed by atoms with Gasteiger partial charge < -0.3 is 4.98 Å². The summed E-state index contributed by atoms with van der Waals surface area (Å²) >= 11 is 0. The molecule has 0 atom stereocenters. The van der Waals surface area contributed by atoms with Gasteiger partial charge in [-0.15, -0.1) is 34.3 Å². The maximum atomic E-state index is 5.41. The van der Waals surface area contributed by atoms with Gasteiger partial charge in [0, 0.05) is 5.69 Å². The minimum atomic E-state index is 0. The number of benzene rings is 5. The monoisotopic (exact) mass is 806 g/mol. The van der Waals surface area contributed by atoms with E-state index in [0.717, 1.165) is 66.8 Å². The molecule has 0 radical (unpaired) electrons. The van der Waals surface area contributed by atoms with Crippen LogP contribution >= 0.6 is 0 Å². The molecule has 0 saturated carbocycles. The first kappa shape index (κ1) is 33.7. The quantitative estimate of drug-likeness (QED) is 0.131. The van der Waals surface area contributed by atoms with Gasteiger partial charge in [-0.1, -0.05) is 125 Å². The molecule has 2 aromatic heterocycles. The van der Waals surface area contributed by atoms with Crippen LogP contribution in [0.25, 0.3) is 66.6 Å². The zero-order valence-electron chi connectivity index (χ0n) is 29.0. The summed E-state index contributed by atoms with van der Waals surface area (Å²) in [6, 6.07) is 44.4. The van der Waals surface area contributed by atoms with Gasteiger partial charge in [0.25, 0.3) is 0 Å². The Hall–Kier alpha value is -4.21. The van der Waals surface area contributed by atoms with Crippen LogP contribution in [0.1, 0.15) is 63.8 Å². The number of nitrogens with zero attached hydrogens (tertiary/aromatic N) is 2. The smallest absolute Gasteiger partial charge is 0.656 e. The summed E-state index contributed by atoms with van der Waals surface area (Å²) < 4.78 is 0. The number of aryl methyl sites for hydroxylation is 2. The zero-order chi connectivity index (χ0) is 33.1. The number of aromatic nitrogens is 2. The normalized spacial score (nSPS) is 12.0. The van der Waals surface area contributed by atoms with Crippen LogP contribution in [0.3, 0.4) is 0 Å². The van der Waals surface area contributed by atoms with Crippen LogP contribution in [0.4, 0.5) is 0 Å². The molecule has 5 aromatic carbocycles. The van der Waals surface area contributed by atoms with Crippen LogP contribution < -0.4 is 4.98 Å². The number of rotatable bonds is 4. The fraction of sp³-hybridized carbons (Fsp3) is 0.222. The maximum Gasteiger partial charge on any atom is 3.00 e. The third-order valence-corrected chi connectivity index (χ3v) is 9.30. The second-order valence-electron chi connectivity index (χ2n) is 14.9. The van der Waals surface area contributed by atoms with Gasteiger partial charge in [-0.05, 0) is 57.7 Å². The summed E-state index contributed by atoms with van der Waals surface area (Å²) in [6.07, 6.45) is 0. The first-order chi connectivity index (χ1) is 22.4. The van der Waals surface area contributed by atoms with Crippen LogP contribution in [0.15, 0.2) is 103 Å². The maximum absolute atomic E-state index is 5.41. The molecule has 0 N–H and O–H groups in total. The number of fused-ring (bicyclic) bond motifs is 3. The van der Waals surface area contributed by atoms with Gasteiger partial charge in [-0.2, -0.15) is 35.9 Å². The van der Waals surface area contributed by atoms with E-state index in [1.165, 1.54) is 22.1 Å². The standard InChI is InChI=1S/C45H41N2.Au/c1-28-24-29(2)42(39-14-11-13-38-37-12-9-10-15-40(37)46-43(38)39)47-41(28)34-26-32(30-16-20-35(21-17-30)44(3,4)5)25-33(27-34)31-18-22-36(23-19-31)45(6,7)8;/h9-18,20-26H,1-8H3;/q-3;+3. The van der Waals surface area contributed by atoms with Gasteiger partial charge in [-0.3, -0.25) is 4.98 Å². The SMILES string of the molecule is Cc1cc(C)c(-c2cccc3c2[n-]c2ccccc23)nc1-c1[c-]c(-c2[c-]cc(C(C)(C)C)cc2)cc(-c2ccc(C(C)(C)C)cc2)c1.[Au+3]. The molecule has 0 saturated heterocycles. The average Bonchev–Trinajstić information content (AvgIpc) is 3.43. The molecule has 0 aliphatic heterocycles. The first-order valence-corrected chi connectivity index (χ1v) is 16.5. The summed E-state index contributed by atoms with van der Waals surface area (Å²) in [7, 11) is 0. The van der Waals surface area contributed by atoms with Crippen molar-refractivity contribution in [2.75, 3.05) is 0 Å². The van der Waals surface area contributed by atoms with Crippen LogP contribution in [0.5, 0.6) is 0 Å². The Bertz CT molecular complexity index is 2180. The molecule has 0 unspecified atom stereocenters. The predicted molar refractivity (Wildman–Crippen MR) is 199 cm³/mol. The predicted octanol–water partition coefficient (Wildman–Crippen LogP) is 11.8. The molecule has 2 heterocycles. The van der Waals surface area contributed by atoms with Crippen molar-refractivity contribution in [3.05, 3.63) is 138 Å². The van der Waals surface area contributed by atoms with E-state index in [9.17, 15) is 0 Å². The zero-order valence-corrected chi connectivity index (χ0v) is 31.2. The van der Waals surface area contributed by atoms with E-state index in [4.69, 9.17) is 9.97 Å². The van der Waals surface area contributed by atoms with Crippen molar-refractivity contribution in [1.82, 2.24) is 9.97 Å². The summed E-state index contributed by atoms with van der Waals surface area (Å²) in [6.45, 7) is 17.8. The first-order valence-electron chi connectivity index (χ1n) is 16.5. The molecule has 48 heavy (non-hydrogen) atoms. The number of para-hydroxylation sites is 2. The Balaban J connectivity index is 0.00000401. The van der Waals surface area contributed by atoms with Crippen LogP contribution in [0, 0.1) is 26.0 Å². The Kier molecular flexibility index (Phi) is 8.89. The summed E-state index contributed by atoms with van der Waals surface area (Å²) in [5.41, 5.74) is 15.2. The molecule has 0 fully saturated rings. The van der Waals surface area contributed by atoms with Gasteiger partial charge >= 0.3 is 22.4 Å². The second-order valence-corrected chi connectivity index (χ2v) is 14.9. The number of hydrogen-bond acceptors (Lipinski definition) is 1. The molecule has 7 aromatic rings. The van der Waals surface area contributed by atoms with E-state index in [0.29, 0.717) is 0 Å². The largest absolute Gasteiger partial charge is 3.00 e. The minimum absolute atomic E-state index is 0. The van der Waals surface area contributed by atoms with Gasteiger partial charge in [0.2, 0.25) is 0 Å². The third-order valence-electron chi connectivity index (χ3n) is 9.30. The van der Waals surface area contributed by atoms with Crippen molar-refractivity contribution in [2.24, 2.45) is 0 Å². The number of pyridine rings is 1. The number of hydrogen-bond donors (Lipinski definition) is 0. The van der Waals surface area contributed by atoms with Gasteiger partial charge in [0.15, 0.2) is 0 Å². The third kappa shape index (κ3) is 6.33. The van der Waals surface area contributed by atoms with Gasteiger partial charge in [0.1, 0.15) is 0 Å². The Morgan fingerprint density at radius 3 is 1.92 bits per heavy atom. The van der Waals surface area contributed by atoms with E-state index in [1.807, 2.05) is 6.07 Å². The molecule has 242 valence electrons. The van der Waals surface area contributed by atoms with Crippen molar-refractivity contribution in [3.8, 4) is 44.8 Å². The second kappa shape index (κ2) is 12.7. The molecule has 7 rings (SSSR count). The van der Waals surface area contributed by atoms with Crippen LogP contribution in [0.2, 0.25) is 0 Å². The molecule has 0 amide bonds. The van der Waals surface area contributed by atoms with E-state index in [-0.39, 0.29) is 33.2 Å². The van der Waals surface area contributed by atoms with E-state index in [2.05, 4.69) is 165 Å². The van der Waals surface area contributed by atoms with Crippen LogP contribution in [-0.2, 0) is 33.2 Å². The van der Waals surface area contributed by atoms with E-state index >= 15 is 0 Å². The summed E-state index contributed by atoms with van der Waals surface area (Å²) in [5.74, 6) is 0. The fourth-order valence-electron chi connectivity index (χ4n) is 6.52. The van der Waals surface area contributed by atoms with Gasteiger partial charge in [0.05, 0.1) is 5.69 Å². The topological polar surface area (TPSA) is 27.0 Å². The molecule has 3 heteroatoms. The minimum Gasteiger partial charge on any atom is -0.656 e. The molecule has 2 nitrogen and oxygen atoms in total. The van der Waals surface area contributed by atoms with Crippen molar-refractivity contribution >= 4 is 21.8 Å². The Morgan fingerprint density at radius 1 is 0.583 bits per heavy atom. The van der Waals surface area contributed by atoms with Crippen LogP contribution in [-0.4, -0.2) is 4.98 Å². The summed E-state index contributed by atoms with van der Waals surface area (Å²) in [5, 5.41) is 2.33. The van der Waals surface area contributed by atoms with Gasteiger partial charge in [-0.25, -0.2) is 5.56 Å². The van der Waals surface area contributed by atoms with Crippen molar-refractivity contribution in [3.63, 3.8) is 0 Å². The van der Waals surface area contributed by atoms with E-state index < -0.39 is 0 Å². The van der Waals surface area contributed by atoms with Crippen molar-refractivity contribution < 1.29 is 22.4 Å². The summed E-state index contributed by atoms with van der Waals surface area (Å²) in [4.78, 5) is 10.5. The molecule has 0 bridgehead atoms. The molecular formula is C45H41AuN2. The molecule has 0 spiro atoms. The average molecular weight is 807 g/mol. The molecular weight excluding hydrogens is 765 g/mol. The molecule has 0 aliphatic rings. The Labute approximate surface area is 301 Å². The van der Waals surface area contributed by atoms with E-state index in [1.54, 1.807) is 0 Å². The Morgan fingerprint density at radius 2 is 1.23 bits per heavy atom.